The smallest absolute Gasteiger partial charge is 0.185 e. The molecule has 0 spiro atoms. The number of hydrogen-bond donors (Lipinski definition) is 2. The third-order valence-corrected chi connectivity index (χ3v) is 6.09. The molecule has 0 aliphatic carbocycles. The zero-order valence-electron chi connectivity index (χ0n) is 17.6. The predicted octanol–water partition coefficient (Wildman–Crippen LogP) is 3.42. The highest BCUT2D eigenvalue weighted by molar-refractivity contribution is 5.41. The van der Waals surface area contributed by atoms with Gasteiger partial charge in [-0.3, -0.25) is 4.90 Å². The Morgan fingerprint density at radius 1 is 1.13 bits per heavy atom. The van der Waals surface area contributed by atoms with Crippen molar-refractivity contribution in [2.24, 2.45) is 0 Å². The van der Waals surface area contributed by atoms with Crippen molar-refractivity contribution in [1.29, 1.82) is 0 Å². The van der Waals surface area contributed by atoms with Gasteiger partial charge in [-0.1, -0.05) is 36.4 Å². The average molecular weight is 413 g/mol. The number of rotatable bonds is 7. The third kappa shape index (κ3) is 5.02. The van der Waals surface area contributed by atoms with Crippen molar-refractivity contribution < 1.29 is 19.3 Å². The van der Waals surface area contributed by atoms with Crippen molar-refractivity contribution in [3.63, 3.8) is 0 Å². The highest BCUT2D eigenvalue weighted by Crippen LogP contribution is 2.39. The molecule has 30 heavy (non-hydrogen) atoms. The normalized spacial score (nSPS) is 27.4. The lowest BCUT2D eigenvalue weighted by Gasteiger charge is -2.38. The van der Waals surface area contributed by atoms with E-state index in [0.29, 0.717) is 11.7 Å². The Kier molecular flexibility index (Phi) is 7.02. The van der Waals surface area contributed by atoms with Crippen molar-refractivity contribution in [1.82, 2.24) is 4.90 Å². The van der Waals surface area contributed by atoms with E-state index in [1.54, 1.807) is 7.11 Å². The van der Waals surface area contributed by atoms with Gasteiger partial charge in [0.25, 0.3) is 0 Å². The minimum atomic E-state index is -0.460. The Morgan fingerprint density at radius 3 is 2.70 bits per heavy atom. The maximum absolute atomic E-state index is 9.35. The molecule has 0 aromatic heterocycles. The first kappa shape index (κ1) is 21.3. The lowest BCUT2D eigenvalue weighted by Crippen LogP contribution is -2.42. The number of likely N-dealkylation sites (tertiary alicyclic amines) is 1. The van der Waals surface area contributed by atoms with Crippen LogP contribution in [0.15, 0.2) is 48.5 Å². The number of methoxy groups -OCH3 is 1. The van der Waals surface area contributed by atoms with E-state index in [-0.39, 0.29) is 18.8 Å². The van der Waals surface area contributed by atoms with Gasteiger partial charge in [0.15, 0.2) is 6.29 Å². The maximum atomic E-state index is 9.35. The van der Waals surface area contributed by atoms with E-state index >= 15 is 0 Å². The number of hydrogen-bond acceptors (Lipinski definition) is 6. The molecule has 2 heterocycles. The van der Waals surface area contributed by atoms with Gasteiger partial charge in [0.05, 0.1) is 25.4 Å². The van der Waals surface area contributed by atoms with E-state index in [2.05, 4.69) is 4.90 Å². The van der Waals surface area contributed by atoms with E-state index < -0.39 is 6.29 Å². The SMILES string of the molecule is COC[C@@H]1CCCN1C[C@H]1C[C@@H](c2ccc(CO)cc2)O[C@@H](c2cccc(N)c2)O1. The van der Waals surface area contributed by atoms with Crippen LogP contribution in [-0.4, -0.2) is 49.0 Å². The summed E-state index contributed by atoms with van der Waals surface area (Å²) >= 11 is 0. The van der Waals surface area contributed by atoms with Gasteiger partial charge in [0, 0.05) is 37.4 Å². The fourth-order valence-electron chi connectivity index (χ4n) is 4.52. The fraction of sp³-hybridized carbons (Fsp3) is 0.500. The number of ether oxygens (including phenoxy) is 3. The molecule has 0 saturated carbocycles. The van der Waals surface area contributed by atoms with Gasteiger partial charge in [0.1, 0.15) is 0 Å². The summed E-state index contributed by atoms with van der Waals surface area (Å²) in [5.41, 5.74) is 9.64. The van der Waals surface area contributed by atoms with Crippen molar-refractivity contribution >= 4 is 5.69 Å². The van der Waals surface area contributed by atoms with Crippen LogP contribution in [0.5, 0.6) is 0 Å². The Bertz CT molecular complexity index is 813. The van der Waals surface area contributed by atoms with Gasteiger partial charge in [0.2, 0.25) is 0 Å². The summed E-state index contributed by atoms with van der Waals surface area (Å²) in [7, 11) is 1.77. The van der Waals surface area contributed by atoms with Gasteiger partial charge in [-0.05, 0) is 42.6 Å². The van der Waals surface area contributed by atoms with Crippen LogP contribution >= 0.6 is 0 Å². The number of anilines is 1. The highest BCUT2D eigenvalue weighted by atomic mass is 16.7. The molecule has 6 nitrogen and oxygen atoms in total. The number of nitrogen functional groups attached to an aromatic ring is 1. The zero-order valence-corrected chi connectivity index (χ0v) is 17.6. The van der Waals surface area contributed by atoms with E-state index in [0.717, 1.165) is 42.8 Å². The molecular weight excluding hydrogens is 380 g/mol. The summed E-state index contributed by atoms with van der Waals surface area (Å²) in [4.78, 5) is 2.49. The largest absolute Gasteiger partial charge is 0.399 e. The zero-order chi connectivity index (χ0) is 20.9. The van der Waals surface area contributed by atoms with Crippen LogP contribution in [0.2, 0.25) is 0 Å². The van der Waals surface area contributed by atoms with Gasteiger partial charge >= 0.3 is 0 Å². The molecule has 2 saturated heterocycles. The minimum Gasteiger partial charge on any atom is -0.399 e. The van der Waals surface area contributed by atoms with Crippen LogP contribution in [-0.2, 0) is 20.8 Å². The number of aliphatic hydroxyl groups excluding tert-OH is 1. The summed E-state index contributed by atoms with van der Waals surface area (Å²) in [6.07, 6.45) is 2.66. The number of nitrogens with zero attached hydrogens (tertiary/aromatic N) is 1. The lowest BCUT2D eigenvalue weighted by molar-refractivity contribution is -0.253. The van der Waals surface area contributed by atoms with E-state index in [1.165, 1.54) is 12.8 Å². The highest BCUT2D eigenvalue weighted by Gasteiger charge is 2.35. The van der Waals surface area contributed by atoms with E-state index in [1.807, 2.05) is 48.5 Å². The molecule has 162 valence electrons. The molecule has 2 aromatic rings. The maximum Gasteiger partial charge on any atom is 0.185 e. The van der Waals surface area contributed by atoms with E-state index in [4.69, 9.17) is 19.9 Å². The molecule has 2 aromatic carbocycles. The monoisotopic (exact) mass is 412 g/mol. The molecule has 2 aliphatic rings. The van der Waals surface area contributed by atoms with Gasteiger partial charge < -0.3 is 25.1 Å². The van der Waals surface area contributed by atoms with Crippen molar-refractivity contribution in [3.8, 4) is 0 Å². The second kappa shape index (κ2) is 9.90. The van der Waals surface area contributed by atoms with Crippen LogP contribution in [0.1, 0.15) is 48.3 Å². The molecule has 0 unspecified atom stereocenters. The van der Waals surface area contributed by atoms with E-state index in [9.17, 15) is 5.11 Å². The third-order valence-electron chi connectivity index (χ3n) is 6.09. The summed E-state index contributed by atoms with van der Waals surface area (Å²) in [5, 5.41) is 9.35. The van der Waals surface area contributed by atoms with Crippen molar-refractivity contribution in [2.45, 2.75) is 50.4 Å². The van der Waals surface area contributed by atoms with Crippen molar-refractivity contribution in [3.05, 3.63) is 65.2 Å². The minimum absolute atomic E-state index is 0.0410. The summed E-state index contributed by atoms with van der Waals surface area (Å²) in [5.74, 6) is 0. The van der Waals surface area contributed by atoms with Crippen LogP contribution in [0.25, 0.3) is 0 Å². The fourth-order valence-corrected chi connectivity index (χ4v) is 4.52. The average Bonchev–Trinajstić information content (AvgIpc) is 3.20. The Labute approximate surface area is 178 Å². The van der Waals surface area contributed by atoms with Crippen LogP contribution < -0.4 is 5.73 Å². The summed E-state index contributed by atoms with van der Waals surface area (Å²) < 4.78 is 18.2. The first-order valence-electron chi connectivity index (χ1n) is 10.8. The molecule has 3 N–H and O–H groups in total. The molecule has 2 aliphatic heterocycles. The molecule has 6 heteroatoms. The molecular formula is C24H32N2O4. The molecule has 0 radical (unpaired) electrons. The first-order valence-corrected chi connectivity index (χ1v) is 10.8. The summed E-state index contributed by atoms with van der Waals surface area (Å²) in [6.45, 7) is 2.74. The number of nitrogens with two attached hydrogens (primary N) is 1. The standard InChI is InChI=1S/C24H32N2O4/c1-28-16-21-6-3-11-26(21)14-22-13-23(18-9-7-17(15-27)8-10-18)30-24(29-22)19-4-2-5-20(25)12-19/h2,4-5,7-10,12,21-24,27H,3,6,11,13-16,25H2,1H3/t21-,22+,23-,24-/m0/s1. The predicted molar refractivity (Wildman–Crippen MR) is 116 cm³/mol. The second-order valence-corrected chi connectivity index (χ2v) is 8.27. The van der Waals surface area contributed by atoms with Crippen LogP contribution in [0.4, 0.5) is 5.69 Å². The summed E-state index contributed by atoms with van der Waals surface area (Å²) in [6, 6.07) is 16.2. The lowest BCUT2D eigenvalue weighted by atomic mass is 9.99. The van der Waals surface area contributed by atoms with Crippen LogP contribution in [0, 0.1) is 0 Å². The molecule has 0 bridgehead atoms. The Balaban J connectivity index is 1.54. The number of aliphatic hydroxyl groups is 1. The number of benzene rings is 2. The quantitative estimate of drug-likeness (QED) is 0.679. The van der Waals surface area contributed by atoms with Gasteiger partial charge in [-0.25, -0.2) is 0 Å². The Morgan fingerprint density at radius 2 is 1.97 bits per heavy atom. The molecule has 4 rings (SSSR count). The van der Waals surface area contributed by atoms with Crippen molar-refractivity contribution in [2.75, 3.05) is 32.5 Å². The van der Waals surface area contributed by atoms with Gasteiger partial charge in [-0.2, -0.15) is 0 Å². The van der Waals surface area contributed by atoms with Gasteiger partial charge in [-0.15, -0.1) is 0 Å². The molecule has 0 amide bonds. The Hall–Kier alpha value is -1.96. The first-order chi connectivity index (χ1) is 14.7. The second-order valence-electron chi connectivity index (χ2n) is 8.27. The topological polar surface area (TPSA) is 77.2 Å². The molecule has 4 atom stereocenters. The van der Waals surface area contributed by atoms with Crippen LogP contribution in [0.3, 0.4) is 0 Å². The molecule has 2 fully saturated rings.